The smallest absolute Gasteiger partial charge is 0.347 e. The van der Waals surface area contributed by atoms with Crippen LogP contribution in [-0.2, 0) is 14.3 Å². The lowest BCUT2D eigenvalue weighted by Crippen LogP contribution is -2.37. The Morgan fingerprint density at radius 3 is 2.55 bits per heavy atom. The first-order chi connectivity index (χ1) is 10.3. The van der Waals surface area contributed by atoms with Gasteiger partial charge in [-0.05, 0) is 38.5 Å². The van der Waals surface area contributed by atoms with E-state index in [9.17, 15) is 9.59 Å². The summed E-state index contributed by atoms with van der Waals surface area (Å²) in [6, 6.07) is 4.70. The molecule has 1 rings (SSSR count). The van der Waals surface area contributed by atoms with E-state index in [1.54, 1.807) is 12.1 Å². The number of ether oxygens (including phenoxy) is 2. The van der Waals surface area contributed by atoms with E-state index in [0.717, 1.165) is 6.42 Å². The molecular formula is C15H19Cl2NO4. The Hall–Kier alpha value is -1.46. The zero-order valence-electron chi connectivity index (χ0n) is 12.7. The summed E-state index contributed by atoms with van der Waals surface area (Å²) < 4.78 is 10.3. The average molecular weight is 348 g/mol. The van der Waals surface area contributed by atoms with Crippen molar-refractivity contribution in [2.45, 2.75) is 39.3 Å². The molecule has 122 valence electrons. The lowest BCUT2D eigenvalue weighted by molar-refractivity contribution is -0.154. The van der Waals surface area contributed by atoms with Gasteiger partial charge in [-0.15, -0.1) is 0 Å². The molecule has 0 aliphatic rings. The quantitative estimate of drug-likeness (QED) is 0.769. The second-order valence-corrected chi connectivity index (χ2v) is 5.66. The largest absolute Gasteiger partial charge is 0.477 e. The van der Waals surface area contributed by atoms with Crippen molar-refractivity contribution in [3.63, 3.8) is 0 Å². The van der Waals surface area contributed by atoms with Crippen molar-refractivity contribution >= 4 is 35.1 Å². The van der Waals surface area contributed by atoms with E-state index in [1.165, 1.54) is 13.0 Å². The SMILES string of the molecule is CC[C@@H](C)NC(=O)COC(=O)[C@@H](C)Oc1ccc(Cl)cc1Cl. The highest BCUT2D eigenvalue weighted by atomic mass is 35.5. The van der Waals surface area contributed by atoms with Crippen LogP contribution in [-0.4, -0.2) is 30.6 Å². The van der Waals surface area contributed by atoms with Crippen LogP contribution in [0.3, 0.4) is 0 Å². The van der Waals surface area contributed by atoms with Crippen molar-refractivity contribution in [1.82, 2.24) is 5.32 Å². The first kappa shape index (κ1) is 18.6. The van der Waals surface area contributed by atoms with E-state index in [-0.39, 0.29) is 18.6 Å². The van der Waals surface area contributed by atoms with Crippen LogP contribution in [0.25, 0.3) is 0 Å². The van der Waals surface area contributed by atoms with Gasteiger partial charge in [0.25, 0.3) is 5.91 Å². The predicted octanol–water partition coefficient (Wildman–Crippen LogP) is 3.22. The normalized spacial score (nSPS) is 13.1. The van der Waals surface area contributed by atoms with Gasteiger partial charge in [-0.25, -0.2) is 4.79 Å². The zero-order chi connectivity index (χ0) is 16.7. The second kappa shape index (κ2) is 8.86. The number of benzene rings is 1. The Labute approximate surface area is 139 Å². The molecule has 0 bridgehead atoms. The molecule has 0 radical (unpaired) electrons. The highest BCUT2D eigenvalue weighted by Crippen LogP contribution is 2.28. The number of carbonyl (C=O) groups is 2. The number of esters is 1. The Balaban J connectivity index is 2.46. The van der Waals surface area contributed by atoms with Gasteiger partial charge in [0.05, 0.1) is 5.02 Å². The van der Waals surface area contributed by atoms with E-state index < -0.39 is 12.1 Å². The lowest BCUT2D eigenvalue weighted by Gasteiger charge is -2.16. The van der Waals surface area contributed by atoms with Crippen molar-refractivity contribution in [2.75, 3.05) is 6.61 Å². The molecule has 1 amide bonds. The summed E-state index contributed by atoms with van der Waals surface area (Å²) in [4.78, 5) is 23.3. The monoisotopic (exact) mass is 347 g/mol. The first-order valence-corrected chi connectivity index (χ1v) is 7.66. The second-order valence-electron chi connectivity index (χ2n) is 4.82. The van der Waals surface area contributed by atoms with Crippen LogP contribution in [0.2, 0.25) is 10.0 Å². The van der Waals surface area contributed by atoms with Gasteiger partial charge >= 0.3 is 5.97 Å². The molecule has 2 atom stereocenters. The Morgan fingerprint density at radius 2 is 1.95 bits per heavy atom. The summed E-state index contributed by atoms with van der Waals surface area (Å²) in [6.45, 7) is 4.99. The van der Waals surface area contributed by atoms with E-state index >= 15 is 0 Å². The fourth-order valence-electron chi connectivity index (χ4n) is 1.48. The summed E-state index contributed by atoms with van der Waals surface area (Å²) in [5.74, 6) is -0.677. The maximum atomic E-state index is 11.8. The summed E-state index contributed by atoms with van der Waals surface area (Å²) in [7, 11) is 0. The molecule has 5 nitrogen and oxygen atoms in total. The minimum Gasteiger partial charge on any atom is -0.477 e. The molecule has 0 unspecified atom stereocenters. The molecule has 0 fully saturated rings. The number of hydrogen-bond donors (Lipinski definition) is 1. The zero-order valence-corrected chi connectivity index (χ0v) is 14.2. The van der Waals surface area contributed by atoms with Crippen LogP contribution in [0.1, 0.15) is 27.2 Å². The van der Waals surface area contributed by atoms with Crippen LogP contribution in [0.4, 0.5) is 0 Å². The minimum absolute atomic E-state index is 0.0350. The van der Waals surface area contributed by atoms with Crippen LogP contribution < -0.4 is 10.1 Å². The topological polar surface area (TPSA) is 64.6 Å². The number of halogens is 2. The van der Waals surface area contributed by atoms with Crippen molar-refractivity contribution < 1.29 is 19.1 Å². The summed E-state index contributed by atoms with van der Waals surface area (Å²) >= 11 is 11.7. The summed E-state index contributed by atoms with van der Waals surface area (Å²) in [5, 5.41) is 3.46. The Morgan fingerprint density at radius 1 is 1.27 bits per heavy atom. The molecule has 0 spiro atoms. The molecule has 0 aliphatic carbocycles. The van der Waals surface area contributed by atoms with Gasteiger partial charge in [-0.1, -0.05) is 30.1 Å². The predicted molar refractivity (Wildman–Crippen MR) is 85.4 cm³/mol. The molecule has 7 heteroatoms. The first-order valence-electron chi connectivity index (χ1n) is 6.91. The van der Waals surface area contributed by atoms with Crippen molar-refractivity contribution in [1.29, 1.82) is 0 Å². The lowest BCUT2D eigenvalue weighted by atomic mass is 10.2. The van der Waals surface area contributed by atoms with Gasteiger partial charge in [0, 0.05) is 11.1 Å². The number of carbonyl (C=O) groups excluding carboxylic acids is 2. The summed E-state index contributed by atoms with van der Waals surface area (Å²) in [5.41, 5.74) is 0. The molecule has 0 saturated carbocycles. The van der Waals surface area contributed by atoms with Gasteiger partial charge in [-0.3, -0.25) is 4.79 Å². The van der Waals surface area contributed by atoms with E-state index in [4.69, 9.17) is 32.7 Å². The molecule has 0 aliphatic heterocycles. The highest BCUT2D eigenvalue weighted by Gasteiger charge is 2.19. The van der Waals surface area contributed by atoms with Crippen molar-refractivity contribution in [3.8, 4) is 5.75 Å². The minimum atomic E-state index is -0.893. The molecule has 1 aromatic carbocycles. The number of amides is 1. The molecule has 1 aromatic rings. The Kier molecular flexibility index (Phi) is 7.48. The fourth-order valence-corrected chi connectivity index (χ4v) is 1.93. The van der Waals surface area contributed by atoms with E-state index in [2.05, 4.69) is 5.32 Å². The molecule has 0 aromatic heterocycles. The molecule has 1 N–H and O–H groups in total. The van der Waals surface area contributed by atoms with Crippen molar-refractivity contribution in [2.24, 2.45) is 0 Å². The average Bonchev–Trinajstić information content (AvgIpc) is 2.47. The third-order valence-corrected chi connectivity index (χ3v) is 3.43. The molecule has 0 heterocycles. The van der Waals surface area contributed by atoms with Crippen LogP contribution in [0.5, 0.6) is 5.75 Å². The van der Waals surface area contributed by atoms with Crippen LogP contribution >= 0.6 is 23.2 Å². The van der Waals surface area contributed by atoms with Gasteiger partial charge in [0.2, 0.25) is 0 Å². The summed E-state index contributed by atoms with van der Waals surface area (Å²) in [6.07, 6.45) is -0.0936. The molecule has 22 heavy (non-hydrogen) atoms. The van der Waals surface area contributed by atoms with E-state index in [1.807, 2.05) is 13.8 Å². The van der Waals surface area contributed by atoms with Crippen molar-refractivity contribution in [3.05, 3.63) is 28.2 Å². The third kappa shape index (κ3) is 6.12. The third-order valence-electron chi connectivity index (χ3n) is 2.89. The van der Waals surface area contributed by atoms with Crippen LogP contribution in [0.15, 0.2) is 18.2 Å². The Bertz CT molecular complexity index is 536. The van der Waals surface area contributed by atoms with Gasteiger partial charge in [0.15, 0.2) is 12.7 Å². The van der Waals surface area contributed by atoms with Gasteiger partial charge < -0.3 is 14.8 Å². The van der Waals surface area contributed by atoms with E-state index in [0.29, 0.717) is 15.8 Å². The fraction of sp³-hybridized carbons (Fsp3) is 0.467. The molecular weight excluding hydrogens is 329 g/mol. The number of rotatable bonds is 7. The molecule has 0 saturated heterocycles. The highest BCUT2D eigenvalue weighted by molar-refractivity contribution is 6.35. The van der Waals surface area contributed by atoms with Gasteiger partial charge in [0.1, 0.15) is 5.75 Å². The number of hydrogen-bond acceptors (Lipinski definition) is 4. The maximum Gasteiger partial charge on any atom is 0.347 e. The standard InChI is InChI=1S/C15H19Cl2NO4/c1-4-9(2)18-14(19)8-21-15(20)10(3)22-13-6-5-11(16)7-12(13)17/h5-7,9-10H,4,8H2,1-3H3,(H,18,19)/t9-,10-/m1/s1. The van der Waals surface area contributed by atoms with Crippen LogP contribution in [0, 0.1) is 0 Å². The van der Waals surface area contributed by atoms with Gasteiger partial charge in [-0.2, -0.15) is 0 Å². The maximum absolute atomic E-state index is 11.8. The number of nitrogens with one attached hydrogen (secondary N) is 1.